The zero-order chi connectivity index (χ0) is 9.64. The lowest BCUT2D eigenvalue weighted by Gasteiger charge is -1.99. The van der Waals surface area contributed by atoms with Gasteiger partial charge in [0.1, 0.15) is 0 Å². The Kier molecular flexibility index (Phi) is 1.85. The van der Waals surface area contributed by atoms with Gasteiger partial charge in [0.25, 0.3) is 0 Å². The minimum absolute atomic E-state index is 0.402. The maximum atomic E-state index is 11.6. The van der Waals surface area contributed by atoms with Crippen LogP contribution in [0.1, 0.15) is 12.5 Å². The van der Waals surface area contributed by atoms with Gasteiger partial charge in [-0.25, -0.2) is 8.42 Å². The van der Waals surface area contributed by atoms with Gasteiger partial charge < -0.3 is 0 Å². The summed E-state index contributed by atoms with van der Waals surface area (Å²) in [5, 5.41) is 0. The molecule has 0 bridgehead atoms. The van der Waals surface area contributed by atoms with Crippen molar-refractivity contribution in [2.24, 2.45) is 0 Å². The molecule has 4 heteroatoms. The smallest absolute Gasteiger partial charge is 0.203 e. The molecule has 0 amide bonds. The molecule has 0 spiro atoms. The molecule has 13 heavy (non-hydrogen) atoms. The van der Waals surface area contributed by atoms with E-state index in [9.17, 15) is 8.42 Å². The summed E-state index contributed by atoms with van der Waals surface area (Å²) in [7, 11) is -3.18. The topological polar surface area (TPSA) is 34.1 Å². The van der Waals surface area contributed by atoms with E-state index in [0.717, 1.165) is 10.0 Å². The van der Waals surface area contributed by atoms with Gasteiger partial charge in [0.2, 0.25) is 9.84 Å². The standard InChI is InChI=1S/C9H7BrO2S/c1-6-4-7-2-3-8(10)5-9(7)13(6,11)12/h2-5H,1H3. The average molecular weight is 259 g/mol. The van der Waals surface area contributed by atoms with Crippen molar-refractivity contribution in [1.29, 1.82) is 0 Å². The fourth-order valence-electron chi connectivity index (χ4n) is 1.33. The first-order valence-corrected chi connectivity index (χ1v) is 6.02. The normalized spacial score (nSPS) is 18.2. The Hall–Kier alpha value is -0.610. The van der Waals surface area contributed by atoms with E-state index >= 15 is 0 Å². The molecule has 1 aromatic carbocycles. The number of rotatable bonds is 0. The van der Waals surface area contributed by atoms with E-state index < -0.39 is 9.84 Å². The molecule has 0 atom stereocenters. The lowest BCUT2D eigenvalue weighted by Crippen LogP contribution is -1.97. The third-order valence-electron chi connectivity index (χ3n) is 2.05. The second kappa shape index (κ2) is 2.69. The molecule has 1 aromatic rings. The monoisotopic (exact) mass is 258 g/mol. The molecule has 68 valence electrons. The quantitative estimate of drug-likeness (QED) is 0.717. The number of hydrogen-bond donors (Lipinski definition) is 0. The third-order valence-corrected chi connectivity index (χ3v) is 4.44. The van der Waals surface area contributed by atoms with E-state index in [1.165, 1.54) is 0 Å². The highest BCUT2D eigenvalue weighted by Crippen LogP contribution is 2.33. The Balaban J connectivity index is 2.80. The molecule has 0 aromatic heterocycles. The van der Waals surface area contributed by atoms with Gasteiger partial charge in [-0.1, -0.05) is 22.0 Å². The predicted octanol–water partition coefficient (Wildman–Crippen LogP) is 2.60. The molecule has 0 fully saturated rings. The van der Waals surface area contributed by atoms with Crippen molar-refractivity contribution in [3.05, 3.63) is 33.1 Å². The van der Waals surface area contributed by atoms with Gasteiger partial charge in [-0.15, -0.1) is 0 Å². The first-order chi connectivity index (χ1) is 6.01. The highest BCUT2D eigenvalue weighted by Gasteiger charge is 2.26. The van der Waals surface area contributed by atoms with Crippen molar-refractivity contribution in [1.82, 2.24) is 0 Å². The van der Waals surface area contributed by atoms with E-state index in [1.54, 1.807) is 25.1 Å². The molecule has 1 heterocycles. The first kappa shape index (κ1) is 8.97. The van der Waals surface area contributed by atoms with E-state index in [-0.39, 0.29) is 0 Å². The number of fused-ring (bicyclic) bond motifs is 1. The zero-order valence-corrected chi connectivity index (χ0v) is 9.31. The zero-order valence-electron chi connectivity index (χ0n) is 6.91. The van der Waals surface area contributed by atoms with Crippen LogP contribution in [0.4, 0.5) is 0 Å². The number of allylic oxidation sites excluding steroid dienone is 1. The van der Waals surface area contributed by atoms with Crippen molar-refractivity contribution < 1.29 is 8.42 Å². The van der Waals surface area contributed by atoms with Crippen LogP contribution in [0.2, 0.25) is 0 Å². The predicted molar refractivity (Wildman–Crippen MR) is 55.0 cm³/mol. The molecular formula is C9H7BrO2S. The summed E-state index contributed by atoms with van der Waals surface area (Å²) in [5.41, 5.74) is 0.778. The highest BCUT2D eigenvalue weighted by molar-refractivity contribution is 9.10. The van der Waals surface area contributed by atoms with Crippen LogP contribution in [0, 0.1) is 0 Å². The first-order valence-electron chi connectivity index (χ1n) is 3.75. The molecular weight excluding hydrogens is 252 g/mol. The Morgan fingerprint density at radius 3 is 2.69 bits per heavy atom. The fraction of sp³-hybridized carbons (Fsp3) is 0.111. The minimum Gasteiger partial charge on any atom is -0.219 e. The van der Waals surface area contributed by atoms with E-state index in [4.69, 9.17) is 0 Å². The summed E-state index contributed by atoms with van der Waals surface area (Å²) in [4.78, 5) is 0.819. The summed E-state index contributed by atoms with van der Waals surface area (Å²) in [6.45, 7) is 1.61. The summed E-state index contributed by atoms with van der Waals surface area (Å²) in [6, 6.07) is 5.27. The van der Waals surface area contributed by atoms with Crippen LogP contribution in [0.25, 0.3) is 6.08 Å². The Morgan fingerprint density at radius 1 is 1.31 bits per heavy atom. The molecule has 1 aliphatic heterocycles. The summed E-state index contributed by atoms with van der Waals surface area (Å²) < 4.78 is 24.1. The van der Waals surface area contributed by atoms with Crippen LogP contribution in [0.15, 0.2) is 32.5 Å². The molecule has 0 aliphatic carbocycles. The number of benzene rings is 1. The van der Waals surface area contributed by atoms with Crippen LogP contribution in [0.5, 0.6) is 0 Å². The molecule has 1 aliphatic rings. The van der Waals surface area contributed by atoms with E-state index in [0.29, 0.717) is 9.80 Å². The Labute approximate surface area is 85.3 Å². The molecule has 0 saturated heterocycles. The van der Waals surface area contributed by atoms with Crippen LogP contribution in [-0.4, -0.2) is 8.42 Å². The molecule has 0 radical (unpaired) electrons. The van der Waals surface area contributed by atoms with Crippen molar-refractivity contribution >= 4 is 31.8 Å². The molecule has 0 N–H and O–H groups in total. The van der Waals surface area contributed by atoms with Gasteiger partial charge in [0.05, 0.1) is 4.90 Å². The highest BCUT2D eigenvalue weighted by atomic mass is 79.9. The van der Waals surface area contributed by atoms with Crippen LogP contribution < -0.4 is 0 Å². The Morgan fingerprint density at radius 2 is 2.00 bits per heavy atom. The van der Waals surface area contributed by atoms with Gasteiger partial charge in [-0.3, -0.25) is 0 Å². The van der Waals surface area contributed by atoms with Gasteiger partial charge >= 0.3 is 0 Å². The van der Waals surface area contributed by atoms with Crippen LogP contribution >= 0.6 is 15.9 Å². The fourth-order valence-corrected chi connectivity index (χ4v) is 3.19. The second-order valence-corrected chi connectivity index (χ2v) is 5.95. The van der Waals surface area contributed by atoms with Gasteiger partial charge in [-0.2, -0.15) is 0 Å². The number of sulfone groups is 1. The number of hydrogen-bond acceptors (Lipinski definition) is 2. The second-order valence-electron chi connectivity index (χ2n) is 2.94. The third kappa shape index (κ3) is 1.25. The van der Waals surface area contributed by atoms with Crippen molar-refractivity contribution in [3.63, 3.8) is 0 Å². The maximum absolute atomic E-state index is 11.6. The van der Waals surface area contributed by atoms with Gasteiger partial charge in [-0.05, 0) is 30.7 Å². The van der Waals surface area contributed by atoms with Gasteiger partial charge in [0, 0.05) is 9.38 Å². The van der Waals surface area contributed by atoms with E-state index in [1.807, 2.05) is 6.07 Å². The maximum Gasteiger partial charge on any atom is 0.203 e. The van der Waals surface area contributed by atoms with Crippen LogP contribution in [-0.2, 0) is 9.84 Å². The summed E-state index contributed by atoms with van der Waals surface area (Å²) in [6.07, 6.45) is 1.69. The van der Waals surface area contributed by atoms with Crippen molar-refractivity contribution in [2.45, 2.75) is 11.8 Å². The van der Waals surface area contributed by atoms with Crippen molar-refractivity contribution in [2.75, 3.05) is 0 Å². The summed E-state index contributed by atoms with van der Waals surface area (Å²) >= 11 is 3.25. The molecule has 2 nitrogen and oxygen atoms in total. The average Bonchev–Trinajstić information content (AvgIpc) is 2.27. The largest absolute Gasteiger partial charge is 0.219 e. The lowest BCUT2D eigenvalue weighted by atomic mass is 10.2. The minimum atomic E-state index is -3.18. The lowest BCUT2D eigenvalue weighted by molar-refractivity contribution is 0.603. The summed E-state index contributed by atoms with van der Waals surface area (Å²) in [5.74, 6) is 0. The van der Waals surface area contributed by atoms with E-state index in [2.05, 4.69) is 15.9 Å². The van der Waals surface area contributed by atoms with Crippen LogP contribution in [0.3, 0.4) is 0 Å². The Bertz CT molecular complexity index is 500. The number of halogens is 1. The molecule has 0 saturated carbocycles. The molecule has 0 unspecified atom stereocenters. The molecule has 2 rings (SSSR count). The van der Waals surface area contributed by atoms with Crippen molar-refractivity contribution in [3.8, 4) is 0 Å². The SMILES string of the molecule is CC1=Cc2ccc(Br)cc2S1(=O)=O. The van der Waals surface area contributed by atoms with Gasteiger partial charge in [0.15, 0.2) is 0 Å².